The van der Waals surface area contributed by atoms with Crippen molar-refractivity contribution in [1.29, 1.82) is 0 Å². The fourth-order valence-electron chi connectivity index (χ4n) is 3.96. The number of hydrogen-bond donors (Lipinski definition) is 1. The van der Waals surface area contributed by atoms with Crippen LogP contribution in [-0.2, 0) is 9.53 Å². The van der Waals surface area contributed by atoms with Crippen molar-refractivity contribution in [2.45, 2.75) is 38.7 Å². The summed E-state index contributed by atoms with van der Waals surface area (Å²) in [7, 11) is 0. The molecule has 4 rings (SSSR count). The van der Waals surface area contributed by atoms with Crippen LogP contribution in [0.25, 0.3) is 11.0 Å². The van der Waals surface area contributed by atoms with Gasteiger partial charge in [0.2, 0.25) is 5.91 Å². The fourth-order valence-corrected chi connectivity index (χ4v) is 3.96. The van der Waals surface area contributed by atoms with Gasteiger partial charge in [0.1, 0.15) is 0 Å². The smallest absolute Gasteiger partial charge is 0.258 e. The molecule has 7 heteroatoms. The molecule has 0 bridgehead atoms. The molecule has 2 atom stereocenters. The SMILES string of the molecule is CCOc1nc2ccccc2nc1N1CCC[C@H](C(=O)NC[C@H]2CCCO2)C1. The van der Waals surface area contributed by atoms with Gasteiger partial charge in [0.15, 0.2) is 5.82 Å². The van der Waals surface area contributed by atoms with Gasteiger partial charge in [0.05, 0.1) is 29.7 Å². The molecule has 1 aromatic carbocycles. The number of ether oxygens (including phenoxy) is 2. The Labute approximate surface area is 165 Å². The molecule has 1 aromatic heterocycles. The molecule has 0 spiro atoms. The average molecular weight is 384 g/mol. The zero-order valence-electron chi connectivity index (χ0n) is 16.4. The lowest BCUT2D eigenvalue weighted by Gasteiger charge is -2.33. The highest BCUT2D eigenvalue weighted by molar-refractivity contribution is 5.80. The third kappa shape index (κ3) is 4.19. The Morgan fingerprint density at radius 2 is 2.07 bits per heavy atom. The minimum atomic E-state index is -0.0575. The summed E-state index contributed by atoms with van der Waals surface area (Å²) in [6, 6.07) is 7.80. The largest absolute Gasteiger partial charge is 0.475 e. The van der Waals surface area contributed by atoms with Gasteiger partial charge in [-0.1, -0.05) is 12.1 Å². The van der Waals surface area contributed by atoms with Crippen LogP contribution in [0, 0.1) is 5.92 Å². The molecular weight excluding hydrogens is 356 g/mol. The van der Waals surface area contributed by atoms with Crippen molar-refractivity contribution >= 4 is 22.8 Å². The molecule has 0 aliphatic carbocycles. The second-order valence-corrected chi connectivity index (χ2v) is 7.44. The number of fused-ring (bicyclic) bond motifs is 1. The van der Waals surface area contributed by atoms with E-state index in [-0.39, 0.29) is 17.9 Å². The summed E-state index contributed by atoms with van der Waals surface area (Å²) < 4.78 is 11.4. The second kappa shape index (κ2) is 8.73. The third-order valence-electron chi connectivity index (χ3n) is 5.42. The number of carbonyl (C=O) groups is 1. The summed E-state index contributed by atoms with van der Waals surface area (Å²) >= 11 is 0. The van der Waals surface area contributed by atoms with E-state index in [1.54, 1.807) is 0 Å². The third-order valence-corrected chi connectivity index (χ3v) is 5.42. The lowest BCUT2D eigenvalue weighted by Crippen LogP contribution is -2.45. The maximum absolute atomic E-state index is 12.7. The first-order valence-electron chi connectivity index (χ1n) is 10.3. The number of nitrogens with zero attached hydrogens (tertiary/aromatic N) is 3. The first kappa shape index (κ1) is 18.9. The van der Waals surface area contributed by atoms with Gasteiger partial charge < -0.3 is 19.7 Å². The molecular formula is C21H28N4O3. The normalized spacial score (nSPS) is 22.4. The highest BCUT2D eigenvalue weighted by Crippen LogP contribution is 2.30. The number of piperidine rings is 1. The molecule has 0 saturated carbocycles. The van der Waals surface area contributed by atoms with Crippen LogP contribution in [-0.4, -0.2) is 54.8 Å². The standard InChI is InChI=1S/C21H28N4O3/c1-2-27-21-19(23-17-9-3-4-10-18(17)24-21)25-11-5-7-15(14-25)20(26)22-13-16-8-6-12-28-16/h3-4,9-10,15-16H,2,5-8,11-14H2,1H3,(H,22,26)/t15-,16+/m0/s1. The van der Waals surface area contributed by atoms with Gasteiger partial charge in [-0.05, 0) is 44.7 Å². The summed E-state index contributed by atoms with van der Waals surface area (Å²) in [5.74, 6) is 1.32. The van der Waals surface area contributed by atoms with Crippen LogP contribution in [0.3, 0.4) is 0 Å². The first-order chi connectivity index (χ1) is 13.7. The van der Waals surface area contributed by atoms with Crippen LogP contribution >= 0.6 is 0 Å². The van der Waals surface area contributed by atoms with Crippen molar-refractivity contribution in [3.8, 4) is 5.88 Å². The number of anilines is 1. The molecule has 2 aromatic rings. The Bertz CT molecular complexity index is 822. The molecule has 1 N–H and O–H groups in total. The summed E-state index contributed by atoms with van der Waals surface area (Å²) in [5, 5.41) is 3.08. The summed E-state index contributed by atoms with van der Waals surface area (Å²) in [6.07, 6.45) is 4.11. The Morgan fingerprint density at radius 1 is 1.25 bits per heavy atom. The van der Waals surface area contributed by atoms with Crippen LogP contribution in [0.15, 0.2) is 24.3 Å². The predicted molar refractivity (Wildman–Crippen MR) is 108 cm³/mol. The number of nitrogens with one attached hydrogen (secondary N) is 1. The van der Waals surface area contributed by atoms with Gasteiger partial charge in [-0.2, -0.15) is 0 Å². The number of benzene rings is 1. The van der Waals surface area contributed by atoms with E-state index in [0.717, 1.165) is 55.7 Å². The quantitative estimate of drug-likeness (QED) is 0.825. The van der Waals surface area contributed by atoms with E-state index >= 15 is 0 Å². The Balaban J connectivity index is 1.48. The van der Waals surface area contributed by atoms with Crippen molar-refractivity contribution in [1.82, 2.24) is 15.3 Å². The van der Waals surface area contributed by atoms with Gasteiger partial charge in [0, 0.05) is 26.2 Å². The monoisotopic (exact) mass is 384 g/mol. The first-order valence-corrected chi connectivity index (χ1v) is 10.3. The summed E-state index contributed by atoms with van der Waals surface area (Å²) in [5.41, 5.74) is 1.66. The van der Waals surface area contributed by atoms with Crippen molar-refractivity contribution in [3.63, 3.8) is 0 Å². The number of carbonyl (C=O) groups excluding carboxylic acids is 1. The van der Waals surface area contributed by atoms with Crippen molar-refractivity contribution in [2.75, 3.05) is 37.7 Å². The molecule has 150 valence electrons. The lowest BCUT2D eigenvalue weighted by atomic mass is 9.97. The van der Waals surface area contributed by atoms with Gasteiger partial charge in [-0.25, -0.2) is 9.97 Å². The van der Waals surface area contributed by atoms with Crippen LogP contribution in [0.1, 0.15) is 32.6 Å². The molecule has 0 radical (unpaired) electrons. The maximum atomic E-state index is 12.7. The number of rotatable bonds is 6. The van der Waals surface area contributed by atoms with E-state index in [9.17, 15) is 4.79 Å². The van der Waals surface area contributed by atoms with Gasteiger partial charge in [0.25, 0.3) is 5.88 Å². The van der Waals surface area contributed by atoms with Gasteiger partial charge >= 0.3 is 0 Å². The molecule has 3 heterocycles. The van der Waals surface area contributed by atoms with Crippen molar-refractivity contribution < 1.29 is 14.3 Å². The number of para-hydroxylation sites is 2. The molecule has 1 amide bonds. The van der Waals surface area contributed by atoms with Gasteiger partial charge in [-0.3, -0.25) is 4.79 Å². The topological polar surface area (TPSA) is 76.6 Å². The lowest BCUT2D eigenvalue weighted by molar-refractivity contribution is -0.125. The van der Waals surface area contributed by atoms with Crippen molar-refractivity contribution in [3.05, 3.63) is 24.3 Å². The van der Waals surface area contributed by atoms with E-state index in [4.69, 9.17) is 14.5 Å². The average Bonchev–Trinajstić information content (AvgIpc) is 3.25. The summed E-state index contributed by atoms with van der Waals surface area (Å²) in [6.45, 7) is 5.36. The number of aromatic nitrogens is 2. The molecule has 7 nitrogen and oxygen atoms in total. The minimum absolute atomic E-state index is 0.0575. The van der Waals surface area contributed by atoms with Crippen LogP contribution in [0.2, 0.25) is 0 Å². The second-order valence-electron chi connectivity index (χ2n) is 7.44. The zero-order valence-corrected chi connectivity index (χ0v) is 16.4. The molecule has 0 unspecified atom stereocenters. The van der Waals surface area contributed by atoms with E-state index < -0.39 is 0 Å². The van der Waals surface area contributed by atoms with E-state index in [1.807, 2.05) is 31.2 Å². The highest BCUT2D eigenvalue weighted by atomic mass is 16.5. The Morgan fingerprint density at radius 3 is 2.82 bits per heavy atom. The minimum Gasteiger partial charge on any atom is -0.475 e. The molecule has 28 heavy (non-hydrogen) atoms. The van der Waals surface area contributed by atoms with Crippen LogP contribution in [0.4, 0.5) is 5.82 Å². The van der Waals surface area contributed by atoms with Gasteiger partial charge in [-0.15, -0.1) is 0 Å². The van der Waals surface area contributed by atoms with Crippen molar-refractivity contribution in [2.24, 2.45) is 5.92 Å². The fraction of sp³-hybridized carbons (Fsp3) is 0.571. The molecule has 2 aliphatic heterocycles. The van der Waals surface area contributed by atoms with Crippen LogP contribution in [0.5, 0.6) is 5.88 Å². The van der Waals surface area contributed by atoms with E-state index in [2.05, 4.69) is 15.2 Å². The molecule has 2 saturated heterocycles. The molecule has 2 fully saturated rings. The zero-order chi connectivity index (χ0) is 19.3. The van der Waals surface area contributed by atoms with E-state index in [0.29, 0.717) is 25.6 Å². The van der Waals surface area contributed by atoms with E-state index in [1.165, 1.54) is 0 Å². The molecule has 2 aliphatic rings. The Kier molecular flexibility index (Phi) is 5.90. The summed E-state index contributed by atoms with van der Waals surface area (Å²) in [4.78, 5) is 24.3. The highest BCUT2D eigenvalue weighted by Gasteiger charge is 2.29. The predicted octanol–water partition coefficient (Wildman–Crippen LogP) is 2.54. The number of hydrogen-bond acceptors (Lipinski definition) is 6. The number of amides is 1. The maximum Gasteiger partial charge on any atom is 0.258 e. The Hall–Kier alpha value is -2.41. The van der Waals surface area contributed by atoms with Crippen LogP contribution < -0.4 is 15.0 Å².